The Morgan fingerprint density at radius 3 is 2.80 bits per heavy atom. The average molecular weight is 272 g/mol. The molecule has 0 fully saturated rings. The van der Waals surface area contributed by atoms with Crippen molar-refractivity contribution in [3.8, 4) is 0 Å². The predicted octanol–water partition coefficient (Wildman–Crippen LogP) is 2.55. The molecule has 2 atom stereocenters. The summed E-state index contributed by atoms with van der Waals surface area (Å²) in [7, 11) is 1.44. The van der Waals surface area contributed by atoms with Crippen LogP contribution in [0.4, 0.5) is 0 Å². The molecule has 0 spiro atoms. The number of hydrogen-bond donors (Lipinski definition) is 2. The van der Waals surface area contributed by atoms with Crippen molar-refractivity contribution in [1.29, 1.82) is 0 Å². The molecule has 106 valence electrons. The number of methoxy groups -OCH3 is 1. The number of aromatic amines is 1. The topological polar surface area (TPSA) is 54.1 Å². The first kappa shape index (κ1) is 13.2. The van der Waals surface area contributed by atoms with Gasteiger partial charge in [-0.3, -0.25) is 10.1 Å². The molecule has 3 rings (SSSR count). The Balaban J connectivity index is 2.11. The molecule has 2 aromatic rings. The van der Waals surface area contributed by atoms with Crippen LogP contribution in [0.3, 0.4) is 0 Å². The third-order valence-electron chi connectivity index (χ3n) is 4.10. The zero-order valence-electron chi connectivity index (χ0n) is 12.1. The number of H-pyrrole nitrogens is 1. The summed E-state index contributed by atoms with van der Waals surface area (Å²) in [6.45, 7) is 4.32. The standard InChI is InChI=1S/C16H20N2O2/c1-9(2)14-15-11(8-13(18-14)16(19)20-3)10-6-4-5-7-12(10)17-15/h4-7,9,13-14,17-18H,8H2,1-3H3/t13-,14-/m1/s1. The van der Waals surface area contributed by atoms with Gasteiger partial charge in [-0.15, -0.1) is 0 Å². The van der Waals surface area contributed by atoms with Gasteiger partial charge < -0.3 is 9.72 Å². The fraction of sp³-hybridized carbons (Fsp3) is 0.438. The molecule has 4 heteroatoms. The molecule has 0 radical (unpaired) electrons. The number of aromatic nitrogens is 1. The summed E-state index contributed by atoms with van der Waals surface area (Å²) in [6, 6.07) is 8.14. The maximum atomic E-state index is 11.9. The Morgan fingerprint density at radius 1 is 1.35 bits per heavy atom. The van der Waals surface area contributed by atoms with E-state index in [0.717, 1.165) is 5.52 Å². The summed E-state index contributed by atoms with van der Waals surface area (Å²) >= 11 is 0. The Labute approximate surface area is 118 Å². The molecule has 0 amide bonds. The summed E-state index contributed by atoms with van der Waals surface area (Å²) in [6.07, 6.45) is 0.676. The van der Waals surface area contributed by atoms with E-state index in [4.69, 9.17) is 4.74 Å². The van der Waals surface area contributed by atoms with Crippen LogP contribution in [-0.4, -0.2) is 24.1 Å². The molecule has 2 heterocycles. The SMILES string of the molecule is COC(=O)[C@H]1Cc2c([nH]c3ccccc23)[C@@H](C(C)C)N1. The number of esters is 1. The van der Waals surface area contributed by atoms with Crippen molar-refractivity contribution >= 4 is 16.9 Å². The monoisotopic (exact) mass is 272 g/mol. The molecule has 20 heavy (non-hydrogen) atoms. The quantitative estimate of drug-likeness (QED) is 0.826. The zero-order chi connectivity index (χ0) is 14.3. The van der Waals surface area contributed by atoms with E-state index in [-0.39, 0.29) is 18.1 Å². The molecule has 1 aliphatic rings. The van der Waals surface area contributed by atoms with E-state index in [1.54, 1.807) is 0 Å². The minimum atomic E-state index is -0.265. The van der Waals surface area contributed by atoms with Crippen LogP contribution in [0.2, 0.25) is 0 Å². The fourth-order valence-electron chi connectivity index (χ4n) is 3.09. The number of carbonyl (C=O) groups is 1. The van der Waals surface area contributed by atoms with E-state index < -0.39 is 0 Å². The van der Waals surface area contributed by atoms with Crippen molar-refractivity contribution in [3.05, 3.63) is 35.5 Å². The lowest BCUT2D eigenvalue weighted by Crippen LogP contribution is -2.46. The molecule has 0 saturated carbocycles. The number of carbonyl (C=O) groups excluding carboxylic acids is 1. The number of ether oxygens (including phenoxy) is 1. The van der Waals surface area contributed by atoms with Crippen LogP contribution >= 0.6 is 0 Å². The lowest BCUT2D eigenvalue weighted by Gasteiger charge is -2.32. The molecular formula is C16H20N2O2. The highest BCUT2D eigenvalue weighted by molar-refractivity contribution is 5.87. The molecule has 2 N–H and O–H groups in total. The second kappa shape index (κ2) is 4.94. The number of para-hydroxylation sites is 1. The highest BCUT2D eigenvalue weighted by Crippen LogP contribution is 2.35. The van der Waals surface area contributed by atoms with Gasteiger partial charge in [-0.25, -0.2) is 0 Å². The van der Waals surface area contributed by atoms with Gasteiger partial charge in [0.15, 0.2) is 0 Å². The van der Waals surface area contributed by atoms with E-state index in [1.165, 1.54) is 23.8 Å². The lowest BCUT2D eigenvalue weighted by atomic mass is 9.89. The van der Waals surface area contributed by atoms with Gasteiger partial charge in [0.1, 0.15) is 6.04 Å². The van der Waals surface area contributed by atoms with Gasteiger partial charge in [-0.1, -0.05) is 32.0 Å². The Morgan fingerprint density at radius 2 is 2.10 bits per heavy atom. The van der Waals surface area contributed by atoms with Crippen molar-refractivity contribution in [2.45, 2.75) is 32.4 Å². The van der Waals surface area contributed by atoms with Crippen molar-refractivity contribution < 1.29 is 9.53 Å². The number of benzene rings is 1. The van der Waals surface area contributed by atoms with E-state index >= 15 is 0 Å². The maximum Gasteiger partial charge on any atom is 0.323 e. The van der Waals surface area contributed by atoms with Crippen LogP contribution in [0.5, 0.6) is 0 Å². The Bertz CT molecular complexity index is 645. The van der Waals surface area contributed by atoms with E-state index in [2.05, 4.69) is 36.3 Å². The van der Waals surface area contributed by atoms with Crippen LogP contribution < -0.4 is 5.32 Å². The van der Waals surface area contributed by atoms with Gasteiger partial charge in [0.25, 0.3) is 0 Å². The van der Waals surface area contributed by atoms with Crippen LogP contribution in [0, 0.1) is 5.92 Å². The highest BCUT2D eigenvalue weighted by Gasteiger charge is 2.34. The number of hydrogen-bond acceptors (Lipinski definition) is 3. The Kier molecular flexibility index (Phi) is 3.26. The normalized spacial score (nSPS) is 22.0. The minimum Gasteiger partial charge on any atom is -0.468 e. The van der Waals surface area contributed by atoms with Crippen molar-refractivity contribution in [2.75, 3.05) is 7.11 Å². The van der Waals surface area contributed by atoms with Crippen molar-refractivity contribution in [3.63, 3.8) is 0 Å². The van der Waals surface area contributed by atoms with Crippen LogP contribution in [0.15, 0.2) is 24.3 Å². The second-order valence-electron chi connectivity index (χ2n) is 5.73. The number of rotatable bonds is 2. The third-order valence-corrected chi connectivity index (χ3v) is 4.10. The first-order valence-corrected chi connectivity index (χ1v) is 7.05. The molecule has 0 saturated heterocycles. The number of nitrogens with one attached hydrogen (secondary N) is 2. The first-order chi connectivity index (χ1) is 9.61. The van der Waals surface area contributed by atoms with Gasteiger partial charge in [0, 0.05) is 23.0 Å². The second-order valence-corrected chi connectivity index (χ2v) is 5.73. The largest absolute Gasteiger partial charge is 0.468 e. The fourth-order valence-corrected chi connectivity index (χ4v) is 3.09. The highest BCUT2D eigenvalue weighted by atomic mass is 16.5. The predicted molar refractivity (Wildman–Crippen MR) is 78.5 cm³/mol. The average Bonchev–Trinajstić information content (AvgIpc) is 2.83. The van der Waals surface area contributed by atoms with Crippen molar-refractivity contribution in [2.24, 2.45) is 5.92 Å². The van der Waals surface area contributed by atoms with E-state index in [9.17, 15) is 4.79 Å². The molecular weight excluding hydrogens is 252 g/mol. The molecule has 1 aromatic carbocycles. The van der Waals surface area contributed by atoms with Crippen molar-refractivity contribution in [1.82, 2.24) is 10.3 Å². The molecule has 0 bridgehead atoms. The van der Waals surface area contributed by atoms with Gasteiger partial charge >= 0.3 is 5.97 Å². The van der Waals surface area contributed by atoms with Gasteiger partial charge in [-0.2, -0.15) is 0 Å². The summed E-state index contributed by atoms with van der Waals surface area (Å²) in [5.41, 5.74) is 3.59. The first-order valence-electron chi connectivity index (χ1n) is 7.05. The molecule has 0 unspecified atom stereocenters. The van der Waals surface area contributed by atoms with Crippen LogP contribution in [0.1, 0.15) is 31.1 Å². The van der Waals surface area contributed by atoms with E-state index in [1.807, 2.05) is 12.1 Å². The summed E-state index contributed by atoms with van der Waals surface area (Å²) in [4.78, 5) is 15.4. The number of fused-ring (bicyclic) bond motifs is 3. The third kappa shape index (κ3) is 2.00. The van der Waals surface area contributed by atoms with E-state index in [0.29, 0.717) is 12.3 Å². The van der Waals surface area contributed by atoms with Gasteiger partial charge in [0.05, 0.1) is 13.2 Å². The maximum absolute atomic E-state index is 11.9. The smallest absolute Gasteiger partial charge is 0.323 e. The Hall–Kier alpha value is -1.81. The summed E-state index contributed by atoms with van der Waals surface area (Å²) in [5.74, 6) is 0.209. The minimum absolute atomic E-state index is 0.148. The molecule has 0 aliphatic carbocycles. The van der Waals surface area contributed by atoms with Gasteiger partial charge in [0.2, 0.25) is 0 Å². The summed E-state index contributed by atoms with van der Waals surface area (Å²) in [5, 5.41) is 4.63. The summed E-state index contributed by atoms with van der Waals surface area (Å²) < 4.78 is 4.91. The van der Waals surface area contributed by atoms with Crippen LogP contribution in [-0.2, 0) is 16.0 Å². The molecule has 1 aromatic heterocycles. The molecule has 1 aliphatic heterocycles. The lowest BCUT2D eigenvalue weighted by molar-refractivity contribution is -0.143. The zero-order valence-corrected chi connectivity index (χ0v) is 12.1. The van der Waals surface area contributed by atoms with Crippen LogP contribution in [0.25, 0.3) is 10.9 Å². The molecule has 4 nitrogen and oxygen atoms in total. The van der Waals surface area contributed by atoms with Gasteiger partial charge in [-0.05, 0) is 17.5 Å².